The standard InChI is InChI=1S/C17H24N2O4/c1-3-17(22)6-4-5-11-9-19(10-12(11)17)16(21)13-7-14(20)15(23-2)8-18-13/h7-8,11-12,22H,3-6,9-10H2,1-2H3,(H,18,20)/t11-,12+,17-/m0/s1. The quantitative estimate of drug-likeness (QED) is 0.882. The van der Waals surface area contributed by atoms with Crippen LogP contribution < -0.4 is 10.2 Å². The number of ether oxygens (including phenoxy) is 1. The van der Waals surface area contributed by atoms with Crippen LogP contribution in [0.3, 0.4) is 0 Å². The van der Waals surface area contributed by atoms with E-state index >= 15 is 0 Å². The SMILES string of the molecule is CC[C@]1(O)CCC[C@H]2CN(C(=O)c3cc(=O)c(OC)c[nH]3)C[C@H]21. The highest BCUT2D eigenvalue weighted by molar-refractivity contribution is 5.92. The van der Waals surface area contributed by atoms with Gasteiger partial charge in [0.1, 0.15) is 5.69 Å². The number of fused-ring (bicyclic) bond motifs is 1. The van der Waals surface area contributed by atoms with Crippen molar-refractivity contribution < 1.29 is 14.6 Å². The number of aromatic nitrogens is 1. The van der Waals surface area contributed by atoms with Crippen LogP contribution in [0.2, 0.25) is 0 Å². The predicted molar refractivity (Wildman–Crippen MR) is 85.6 cm³/mol. The number of aromatic amines is 1. The van der Waals surface area contributed by atoms with Crippen LogP contribution in [0.1, 0.15) is 43.1 Å². The fourth-order valence-corrected chi connectivity index (χ4v) is 4.14. The minimum atomic E-state index is -0.661. The van der Waals surface area contributed by atoms with E-state index in [1.807, 2.05) is 6.92 Å². The number of carbonyl (C=O) groups excluding carboxylic acids is 1. The number of amides is 1. The molecule has 6 nitrogen and oxygen atoms in total. The molecule has 2 aliphatic rings. The van der Waals surface area contributed by atoms with E-state index in [0.717, 1.165) is 25.7 Å². The summed E-state index contributed by atoms with van der Waals surface area (Å²) in [5.74, 6) is 0.493. The first kappa shape index (κ1) is 16.1. The molecule has 1 saturated heterocycles. The lowest BCUT2D eigenvalue weighted by atomic mass is 9.69. The lowest BCUT2D eigenvalue weighted by molar-refractivity contribution is -0.0609. The predicted octanol–water partition coefficient (Wildman–Crippen LogP) is 1.40. The van der Waals surface area contributed by atoms with Crippen molar-refractivity contribution in [3.8, 4) is 5.75 Å². The fraction of sp³-hybridized carbons (Fsp3) is 0.647. The monoisotopic (exact) mass is 320 g/mol. The Morgan fingerprint density at radius 1 is 1.52 bits per heavy atom. The highest BCUT2D eigenvalue weighted by Crippen LogP contribution is 2.44. The van der Waals surface area contributed by atoms with E-state index in [4.69, 9.17) is 4.74 Å². The molecule has 1 aliphatic carbocycles. The van der Waals surface area contributed by atoms with Gasteiger partial charge in [-0.2, -0.15) is 0 Å². The molecule has 2 N–H and O–H groups in total. The molecule has 6 heteroatoms. The van der Waals surface area contributed by atoms with Crippen molar-refractivity contribution in [1.82, 2.24) is 9.88 Å². The summed E-state index contributed by atoms with van der Waals surface area (Å²) in [7, 11) is 1.42. The number of hydrogen-bond donors (Lipinski definition) is 2. The van der Waals surface area contributed by atoms with Crippen molar-refractivity contribution in [2.75, 3.05) is 20.2 Å². The minimum Gasteiger partial charge on any atom is -0.491 e. The van der Waals surface area contributed by atoms with Gasteiger partial charge in [0.15, 0.2) is 5.75 Å². The second-order valence-electron chi connectivity index (χ2n) is 6.71. The Hall–Kier alpha value is -1.82. The van der Waals surface area contributed by atoms with Crippen molar-refractivity contribution in [3.05, 3.63) is 28.2 Å². The molecule has 126 valence electrons. The third-order valence-electron chi connectivity index (χ3n) is 5.54. The zero-order valence-electron chi connectivity index (χ0n) is 13.7. The molecule has 1 amide bonds. The fourth-order valence-electron chi connectivity index (χ4n) is 4.14. The summed E-state index contributed by atoms with van der Waals surface area (Å²) in [6.07, 6.45) is 5.01. The number of H-pyrrole nitrogens is 1. The number of methoxy groups -OCH3 is 1. The second-order valence-corrected chi connectivity index (χ2v) is 6.71. The molecule has 1 saturated carbocycles. The second kappa shape index (κ2) is 6.00. The van der Waals surface area contributed by atoms with Crippen molar-refractivity contribution in [3.63, 3.8) is 0 Å². The molecule has 0 spiro atoms. The normalized spacial score (nSPS) is 30.1. The number of aliphatic hydroxyl groups is 1. The number of likely N-dealkylation sites (tertiary alicyclic amines) is 1. The maximum atomic E-state index is 12.7. The van der Waals surface area contributed by atoms with Gasteiger partial charge in [-0.05, 0) is 25.2 Å². The molecule has 2 heterocycles. The maximum Gasteiger partial charge on any atom is 0.270 e. The molecule has 0 radical (unpaired) electrons. The Balaban J connectivity index is 1.79. The van der Waals surface area contributed by atoms with Crippen LogP contribution in [0.5, 0.6) is 5.75 Å². The molecule has 3 rings (SSSR count). The summed E-state index contributed by atoms with van der Waals surface area (Å²) in [4.78, 5) is 29.1. The van der Waals surface area contributed by atoms with Crippen LogP contribution in [-0.2, 0) is 0 Å². The van der Waals surface area contributed by atoms with Crippen molar-refractivity contribution in [2.24, 2.45) is 11.8 Å². The lowest BCUT2D eigenvalue weighted by Gasteiger charge is -2.40. The number of nitrogens with zero attached hydrogens (tertiary/aromatic N) is 1. The summed E-state index contributed by atoms with van der Waals surface area (Å²) in [5.41, 5.74) is -0.698. The van der Waals surface area contributed by atoms with E-state index in [-0.39, 0.29) is 28.7 Å². The van der Waals surface area contributed by atoms with Gasteiger partial charge in [-0.1, -0.05) is 13.3 Å². The Labute approximate surface area is 135 Å². The van der Waals surface area contributed by atoms with Gasteiger partial charge in [-0.3, -0.25) is 9.59 Å². The number of hydrogen-bond acceptors (Lipinski definition) is 4. The van der Waals surface area contributed by atoms with Gasteiger partial charge in [0.25, 0.3) is 5.91 Å². The van der Waals surface area contributed by atoms with Gasteiger partial charge in [0.05, 0.1) is 12.7 Å². The average Bonchev–Trinajstić information content (AvgIpc) is 3.00. The minimum absolute atomic E-state index is 0.134. The highest BCUT2D eigenvalue weighted by atomic mass is 16.5. The van der Waals surface area contributed by atoms with E-state index in [1.54, 1.807) is 4.90 Å². The van der Waals surface area contributed by atoms with Crippen molar-refractivity contribution in [1.29, 1.82) is 0 Å². The van der Waals surface area contributed by atoms with Crippen LogP contribution in [0.15, 0.2) is 17.1 Å². The maximum absolute atomic E-state index is 12.7. The van der Waals surface area contributed by atoms with Gasteiger partial charge in [0.2, 0.25) is 5.43 Å². The molecule has 0 aromatic carbocycles. The van der Waals surface area contributed by atoms with Crippen molar-refractivity contribution >= 4 is 5.91 Å². The molecule has 1 aliphatic heterocycles. The molecule has 0 unspecified atom stereocenters. The molecule has 23 heavy (non-hydrogen) atoms. The third kappa shape index (κ3) is 2.76. The largest absolute Gasteiger partial charge is 0.491 e. The van der Waals surface area contributed by atoms with Crippen LogP contribution in [-0.4, -0.2) is 46.7 Å². The first-order chi connectivity index (χ1) is 11.0. The van der Waals surface area contributed by atoms with Gasteiger partial charge >= 0.3 is 0 Å². The number of carbonyl (C=O) groups is 1. The van der Waals surface area contributed by atoms with Crippen LogP contribution in [0, 0.1) is 11.8 Å². The molecule has 2 fully saturated rings. The zero-order valence-corrected chi connectivity index (χ0v) is 13.7. The van der Waals surface area contributed by atoms with Crippen LogP contribution >= 0.6 is 0 Å². The van der Waals surface area contributed by atoms with E-state index in [1.165, 1.54) is 19.4 Å². The van der Waals surface area contributed by atoms with E-state index in [0.29, 0.717) is 19.0 Å². The Morgan fingerprint density at radius 2 is 2.30 bits per heavy atom. The van der Waals surface area contributed by atoms with Crippen LogP contribution in [0.25, 0.3) is 0 Å². The van der Waals surface area contributed by atoms with Crippen LogP contribution in [0.4, 0.5) is 0 Å². The molecule has 0 bridgehead atoms. The molecular weight excluding hydrogens is 296 g/mol. The highest BCUT2D eigenvalue weighted by Gasteiger charge is 2.48. The first-order valence-corrected chi connectivity index (χ1v) is 8.27. The molecule has 3 atom stereocenters. The molecule has 1 aromatic rings. The summed E-state index contributed by atoms with van der Waals surface area (Å²) in [6.45, 7) is 3.22. The van der Waals surface area contributed by atoms with Gasteiger partial charge in [-0.15, -0.1) is 0 Å². The van der Waals surface area contributed by atoms with Gasteiger partial charge in [0, 0.05) is 31.3 Å². The Morgan fingerprint density at radius 3 is 2.96 bits per heavy atom. The van der Waals surface area contributed by atoms with Gasteiger partial charge in [-0.25, -0.2) is 0 Å². The summed E-state index contributed by atoms with van der Waals surface area (Å²) < 4.78 is 4.92. The van der Waals surface area contributed by atoms with E-state index < -0.39 is 5.60 Å². The topological polar surface area (TPSA) is 82.6 Å². The summed E-state index contributed by atoms with van der Waals surface area (Å²) in [6, 6.07) is 1.29. The third-order valence-corrected chi connectivity index (χ3v) is 5.54. The van der Waals surface area contributed by atoms with E-state index in [9.17, 15) is 14.7 Å². The van der Waals surface area contributed by atoms with Gasteiger partial charge < -0.3 is 19.7 Å². The smallest absolute Gasteiger partial charge is 0.270 e. The number of rotatable bonds is 3. The average molecular weight is 320 g/mol. The summed E-state index contributed by atoms with van der Waals surface area (Å²) >= 11 is 0. The van der Waals surface area contributed by atoms with Crippen molar-refractivity contribution in [2.45, 2.75) is 38.2 Å². The summed E-state index contributed by atoms with van der Waals surface area (Å²) in [5, 5.41) is 10.8. The van der Waals surface area contributed by atoms with E-state index in [2.05, 4.69) is 4.98 Å². The lowest BCUT2D eigenvalue weighted by Crippen LogP contribution is -2.44. The first-order valence-electron chi connectivity index (χ1n) is 8.27. The Kier molecular flexibility index (Phi) is 4.19. The molecular formula is C17H24N2O4. The Bertz CT molecular complexity index is 656. The zero-order chi connectivity index (χ0) is 16.6. The number of pyridine rings is 1. The molecule has 1 aromatic heterocycles. The number of nitrogens with one attached hydrogen (secondary N) is 1.